The first-order chi connectivity index (χ1) is 18.2. The molecule has 0 unspecified atom stereocenters. The zero-order chi connectivity index (χ0) is 27.7. The van der Waals surface area contributed by atoms with Crippen molar-refractivity contribution < 1.29 is 33.9 Å². The van der Waals surface area contributed by atoms with Gasteiger partial charge in [-0.15, -0.1) is 5.06 Å². The number of aromatic nitrogens is 2. The van der Waals surface area contributed by atoms with Crippen LogP contribution in [0.25, 0.3) is 11.4 Å². The van der Waals surface area contributed by atoms with Gasteiger partial charge in [0.1, 0.15) is 17.6 Å². The van der Waals surface area contributed by atoms with Crippen LogP contribution >= 0.6 is 0 Å². The number of rotatable bonds is 10. The molecule has 2 N–H and O–H groups in total. The average Bonchev–Trinajstić information content (AvgIpc) is 2.91. The van der Waals surface area contributed by atoms with Crippen molar-refractivity contribution in [3.8, 4) is 11.4 Å². The Balaban J connectivity index is 1.75. The number of carboxylic acids is 1. The second-order valence-corrected chi connectivity index (χ2v) is 8.68. The van der Waals surface area contributed by atoms with Crippen molar-refractivity contribution >= 4 is 29.8 Å². The molecule has 2 heterocycles. The van der Waals surface area contributed by atoms with E-state index in [1.807, 2.05) is 30.3 Å². The van der Waals surface area contributed by atoms with Crippen LogP contribution in [0, 0.1) is 0 Å². The van der Waals surface area contributed by atoms with Crippen LogP contribution in [-0.2, 0) is 19.2 Å². The highest BCUT2D eigenvalue weighted by atomic mass is 16.8. The summed E-state index contributed by atoms with van der Waals surface area (Å²) in [5.41, 5.74) is 0.759. The summed E-state index contributed by atoms with van der Waals surface area (Å²) in [7, 11) is 3.56. The van der Waals surface area contributed by atoms with Crippen molar-refractivity contribution in [1.29, 1.82) is 0 Å². The molecule has 13 nitrogen and oxygen atoms in total. The fourth-order valence-electron chi connectivity index (χ4n) is 3.72. The minimum absolute atomic E-state index is 0.0448. The standard InChI is InChI=1S/C25H32N6O7/c1-4-37-25(36)38-31-14-12-30(13-15-31)24(35)18(10-11-21(32)33)27-23(34)19-16-20(29(2)3)28-22(26-19)17-8-6-5-7-9-17/h5-9,16,18H,4,10-15H2,1-3H3,(H,27,34)(H,32,33)/t18-/m0/s1. The topological polar surface area (TPSA) is 154 Å². The number of hydrogen-bond acceptors (Lipinski definition) is 10. The number of nitrogens with zero attached hydrogens (tertiary/aromatic N) is 5. The van der Waals surface area contributed by atoms with Gasteiger partial charge in [-0.25, -0.2) is 14.8 Å². The Hall–Kier alpha value is -4.26. The number of piperazine rings is 1. The van der Waals surface area contributed by atoms with Crippen LogP contribution < -0.4 is 10.2 Å². The number of nitrogens with one attached hydrogen (secondary N) is 1. The Bertz CT molecular complexity index is 1140. The van der Waals surface area contributed by atoms with Gasteiger partial charge in [-0.1, -0.05) is 30.3 Å². The van der Waals surface area contributed by atoms with Crippen molar-refractivity contribution in [3.63, 3.8) is 0 Å². The van der Waals surface area contributed by atoms with Crippen molar-refractivity contribution in [2.75, 3.05) is 51.8 Å². The summed E-state index contributed by atoms with van der Waals surface area (Å²) in [6.07, 6.45) is -1.24. The largest absolute Gasteiger partial charge is 0.527 e. The van der Waals surface area contributed by atoms with Gasteiger partial charge in [0.05, 0.1) is 19.7 Å². The molecular formula is C25H32N6O7. The third-order valence-electron chi connectivity index (χ3n) is 5.70. The van der Waals surface area contributed by atoms with Gasteiger partial charge in [-0.3, -0.25) is 14.4 Å². The first-order valence-electron chi connectivity index (χ1n) is 12.2. The lowest BCUT2D eigenvalue weighted by Gasteiger charge is -2.35. The maximum absolute atomic E-state index is 13.3. The van der Waals surface area contributed by atoms with E-state index in [1.54, 1.807) is 25.9 Å². The highest BCUT2D eigenvalue weighted by molar-refractivity contribution is 5.97. The molecule has 1 aromatic carbocycles. The molecule has 1 fully saturated rings. The molecule has 0 aliphatic carbocycles. The molecule has 0 spiro atoms. The van der Waals surface area contributed by atoms with Gasteiger partial charge in [0.25, 0.3) is 5.91 Å². The number of aliphatic carboxylic acids is 1. The van der Waals surface area contributed by atoms with E-state index in [9.17, 15) is 24.3 Å². The summed E-state index contributed by atoms with van der Waals surface area (Å²) in [4.78, 5) is 66.6. The lowest BCUT2D eigenvalue weighted by molar-refractivity contribution is -0.157. The number of carbonyl (C=O) groups excluding carboxylic acids is 3. The third-order valence-corrected chi connectivity index (χ3v) is 5.70. The Morgan fingerprint density at radius 1 is 1.08 bits per heavy atom. The number of anilines is 1. The van der Waals surface area contributed by atoms with Crippen molar-refractivity contribution in [2.24, 2.45) is 0 Å². The fourth-order valence-corrected chi connectivity index (χ4v) is 3.72. The number of hydroxylamine groups is 2. The van der Waals surface area contributed by atoms with E-state index in [4.69, 9.17) is 9.57 Å². The molecule has 204 valence electrons. The number of hydrogen-bond donors (Lipinski definition) is 2. The Kier molecular flexibility index (Phi) is 9.93. The second-order valence-electron chi connectivity index (χ2n) is 8.68. The molecule has 0 radical (unpaired) electrons. The summed E-state index contributed by atoms with van der Waals surface area (Å²) in [6, 6.07) is 9.58. The molecule has 3 rings (SSSR count). The summed E-state index contributed by atoms with van der Waals surface area (Å²) >= 11 is 0. The number of carbonyl (C=O) groups is 4. The Labute approximate surface area is 220 Å². The van der Waals surface area contributed by atoms with Gasteiger partial charge < -0.3 is 29.8 Å². The summed E-state index contributed by atoms with van der Waals surface area (Å²) in [5.74, 6) is -1.31. The van der Waals surface area contributed by atoms with Crippen LogP contribution in [0.4, 0.5) is 10.6 Å². The molecule has 1 aromatic heterocycles. The smallest absolute Gasteiger partial charge is 0.481 e. The Morgan fingerprint density at radius 3 is 2.37 bits per heavy atom. The van der Waals surface area contributed by atoms with Gasteiger partial charge in [0, 0.05) is 45.2 Å². The van der Waals surface area contributed by atoms with Crippen molar-refractivity contribution in [1.82, 2.24) is 25.2 Å². The molecule has 38 heavy (non-hydrogen) atoms. The molecule has 0 bridgehead atoms. The zero-order valence-electron chi connectivity index (χ0n) is 21.6. The van der Waals surface area contributed by atoms with E-state index in [1.165, 1.54) is 16.0 Å². The van der Waals surface area contributed by atoms with Gasteiger partial charge in [-0.2, -0.15) is 0 Å². The van der Waals surface area contributed by atoms with Crippen molar-refractivity contribution in [3.05, 3.63) is 42.1 Å². The number of carboxylic acid groups (broad SMARTS) is 1. The molecule has 1 atom stereocenters. The van der Waals surface area contributed by atoms with Crippen LogP contribution in [0.2, 0.25) is 0 Å². The van der Waals surface area contributed by atoms with Crippen LogP contribution in [0.15, 0.2) is 36.4 Å². The first kappa shape index (κ1) is 28.3. The minimum atomic E-state index is -1.09. The van der Waals surface area contributed by atoms with Gasteiger partial charge in [-0.05, 0) is 13.3 Å². The number of benzene rings is 1. The summed E-state index contributed by atoms with van der Waals surface area (Å²) in [6.45, 7) is 2.75. The maximum atomic E-state index is 13.3. The summed E-state index contributed by atoms with van der Waals surface area (Å²) in [5, 5.41) is 13.3. The van der Waals surface area contributed by atoms with E-state index >= 15 is 0 Å². The van der Waals surface area contributed by atoms with E-state index < -0.39 is 30.0 Å². The van der Waals surface area contributed by atoms with Gasteiger partial charge in [0.2, 0.25) is 5.91 Å². The predicted octanol–water partition coefficient (Wildman–Crippen LogP) is 1.41. The van der Waals surface area contributed by atoms with Gasteiger partial charge >= 0.3 is 12.1 Å². The van der Waals surface area contributed by atoms with E-state index in [-0.39, 0.29) is 51.3 Å². The molecular weight excluding hydrogens is 496 g/mol. The number of amides is 2. The molecule has 13 heteroatoms. The lowest BCUT2D eigenvalue weighted by atomic mass is 10.1. The van der Waals surface area contributed by atoms with E-state index in [0.717, 1.165) is 0 Å². The maximum Gasteiger partial charge on any atom is 0.527 e. The van der Waals surface area contributed by atoms with Gasteiger partial charge in [0.15, 0.2) is 5.82 Å². The zero-order valence-corrected chi connectivity index (χ0v) is 21.6. The van der Waals surface area contributed by atoms with E-state index in [0.29, 0.717) is 17.2 Å². The molecule has 1 saturated heterocycles. The monoisotopic (exact) mass is 528 g/mol. The molecule has 2 amide bonds. The molecule has 1 aliphatic rings. The van der Waals surface area contributed by atoms with Crippen LogP contribution in [-0.4, -0.2) is 102 Å². The summed E-state index contributed by atoms with van der Waals surface area (Å²) < 4.78 is 4.76. The highest BCUT2D eigenvalue weighted by Gasteiger charge is 2.31. The van der Waals surface area contributed by atoms with Crippen LogP contribution in [0.5, 0.6) is 0 Å². The predicted molar refractivity (Wildman–Crippen MR) is 136 cm³/mol. The molecule has 2 aromatic rings. The van der Waals surface area contributed by atoms with E-state index in [2.05, 4.69) is 15.3 Å². The van der Waals surface area contributed by atoms with Crippen LogP contribution in [0.3, 0.4) is 0 Å². The molecule has 1 aliphatic heterocycles. The average molecular weight is 529 g/mol. The normalized spacial score (nSPS) is 14.3. The minimum Gasteiger partial charge on any atom is -0.481 e. The SMILES string of the molecule is CCOC(=O)ON1CCN(C(=O)[C@H](CCC(=O)O)NC(=O)c2cc(N(C)C)nc(-c3ccccc3)n2)CC1. The van der Waals surface area contributed by atoms with Crippen molar-refractivity contribution in [2.45, 2.75) is 25.8 Å². The quantitative estimate of drug-likeness (QED) is 0.430. The lowest BCUT2D eigenvalue weighted by Crippen LogP contribution is -2.55. The Morgan fingerprint density at radius 2 is 1.76 bits per heavy atom. The third kappa shape index (κ3) is 7.87. The fraction of sp³-hybridized carbons (Fsp3) is 0.440. The highest BCUT2D eigenvalue weighted by Crippen LogP contribution is 2.19. The molecule has 0 saturated carbocycles. The second kappa shape index (κ2) is 13.3. The number of ether oxygens (including phenoxy) is 1. The first-order valence-corrected chi connectivity index (χ1v) is 12.2. The van der Waals surface area contributed by atoms with Crippen LogP contribution in [0.1, 0.15) is 30.3 Å².